The highest BCUT2D eigenvalue weighted by molar-refractivity contribution is 14.1. The van der Waals surface area contributed by atoms with Crippen molar-refractivity contribution in [1.82, 2.24) is 13.2 Å². The molecule has 0 bridgehead atoms. The summed E-state index contributed by atoms with van der Waals surface area (Å²) < 4.78 is 1.71. The van der Waals surface area contributed by atoms with Crippen LogP contribution in [-0.2, 0) is 6.42 Å². The molecule has 0 saturated heterocycles. The van der Waals surface area contributed by atoms with Gasteiger partial charge in [-0.2, -0.15) is 2.90 Å². The maximum Gasteiger partial charge on any atom is 0.0863 e. The van der Waals surface area contributed by atoms with E-state index in [-0.39, 0.29) is 0 Å². The lowest BCUT2D eigenvalue weighted by atomic mass is 10.2. The Morgan fingerprint density at radius 3 is 3.00 bits per heavy atom. The van der Waals surface area contributed by atoms with Gasteiger partial charge in [0.25, 0.3) is 0 Å². The van der Waals surface area contributed by atoms with Crippen LogP contribution in [0.4, 0.5) is 0 Å². The van der Waals surface area contributed by atoms with Gasteiger partial charge in [-0.1, -0.05) is 18.6 Å². The van der Waals surface area contributed by atoms with Gasteiger partial charge in [-0.15, -0.1) is 5.10 Å². The van der Waals surface area contributed by atoms with Gasteiger partial charge in [0.15, 0.2) is 0 Å². The van der Waals surface area contributed by atoms with E-state index < -0.39 is 0 Å². The number of aromatic nitrogens is 3. The molecular weight excluding hydrogens is 241 g/mol. The molecule has 0 spiro atoms. The van der Waals surface area contributed by atoms with Gasteiger partial charge < -0.3 is 0 Å². The summed E-state index contributed by atoms with van der Waals surface area (Å²) in [5, 5.41) is 7.78. The minimum atomic E-state index is 1.06. The standard InChI is InChI=1S/C6H10IN3/c1-2-3-4-6-5-10(7)9-8-6/h5H,2-4H2,1H3. The Morgan fingerprint density at radius 2 is 2.50 bits per heavy atom. The van der Waals surface area contributed by atoms with Gasteiger partial charge in [0.2, 0.25) is 0 Å². The second kappa shape index (κ2) is 3.90. The number of halogens is 1. The van der Waals surface area contributed by atoms with Gasteiger partial charge in [0.1, 0.15) is 0 Å². The van der Waals surface area contributed by atoms with Crippen molar-refractivity contribution in [3.05, 3.63) is 11.9 Å². The quantitative estimate of drug-likeness (QED) is 0.767. The zero-order valence-electron chi connectivity index (χ0n) is 5.92. The number of aryl methyl sites for hydroxylation is 1. The minimum absolute atomic E-state index is 1.06. The van der Waals surface area contributed by atoms with E-state index in [0.717, 1.165) is 12.1 Å². The van der Waals surface area contributed by atoms with Crippen molar-refractivity contribution < 1.29 is 0 Å². The molecule has 0 N–H and O–H groups in total. The summed E-state index contributed by atoms with van der Waals surface area (Å²) in [6.07, 6.45) is 5.43. The first-order valence-corrected chi connectivity index (χ1v) is 4.37. The van der Waals surface area contributed by atoms with Crippen LogP contribution in [-0.4, -0.2) is 13.2 Å². The molecular formula is C6H10IN3. The molecule has 1 rings (SSSR count). The first-order chi connectivity index (χ1) is 4.83. The third-order valence-electron chi connectivity index (χ3n) is 1.30. The summed E-state index contributed by atoms with van der Waals surface area (Å²) in [5.74, 6) is 0. The summed E-state index contributed by atoms with van der Waals surface area (Å²) in [6, 6.07) is 0. The maximum atomic E-state index is 3.96. The highest BCUT2D eigenvalue weighted by atomic mass is 127. The van der Waals surface area contributed by atoms with Crippen LogP contribution >= 0.6 is 22.9 Å². The fourth-order valence-corrected chi connectivity index (χ4v) is 1.17. The van der Waals surface area contributed by atoms with Gasteiger partial charge in [-0.05, 0) is 12.8 Å². The summed E-state index contributed by atoms with van der Waals surface area (Å²) in [5.41, 5.74) is 1.09. The smallest absolute Gasteiger partial charge is 0.0863 e. The van der Waals surface area contributed by atoms with Crippen LogP contribution < -0.4 is 0 Å². The van der Waals surface area contributed by atoms with E-state index in [1.807, 2.05) is 6.20 Å². The summed E-state index contributed by atoms with van der Waals surface area (Å²) >= 11 is 2.10. The molecule has 0 aromatic carbocycles. The Balaban J connectivity index is 2.42. The molecule has 1 aromatic rings. The molecule has 1 heterocycles. The fourth-order valence-electron chi connectivity index (χ4n) is 0.747. The predicted octanol–water partition coefficient (Wildman–Crippen LogP) is 1.82. The zero-order valence-corrected chi connectivity index (χ0v) is 8.08. The molecule has 4 heteroatoms. The topological polar surface area (TPSA) is 30.7 Å². The minimum Gasteiger partial charge on any atom is -0.191 e. The molecule has 0 aliphatic heterocycles. The average molecular weight is 251 g/mol. The largest absolute Gasteiger partial charge is 0.191 e. The van der Waals surface area contributed by atoms with Gasteiger partial charge in [-0.3, -0.25) is 0 Å². The monoisotopic (exact) mass is 251 g/mol. The number of hydrogen-bond donors (Lipinski definition) is 0. The molecule has 0 saturated carbocycles. The van der Waals surface area contributed by atoms with Gasteiger partial charge in [0, 0.05) is 0 Å². The lowest BCUT2D eigenvalue weighted by molar-refractivity contribution is 0.769. The molecule has 0 atom stereocenters. The zero-order chi connectivity index (χ0) is 7.40. The number of rotatable bonds is 3. The van der Waals surface area contributed by atoms with Crippen molar-refractivity contribution in [2.75, 3.05) is 0 Å². The van der Waals surface area contributed by atoms with Crippen LogP contribution in [0.3, 0.4) is 0 Å². The Morgan fingerprint density at radius 1 is 1.70 bits per heavy atom. The Bertz CT molecular complexity index is 197. The van der Waals surface area contributed by atoms with Gasteiger partial charge in [0.05, 0.1) is 34.8 Å². The van der Waals surface area contributed by atoms with Crippen LogP contribution in [0.1, 0.15) is 25.5 Å². The first kappa shape index (κ1) is 7.97. The highest BCUT2D eigenvalue weighted by Gasteiger charge is 1.95. The average Bonchev–Trinajstić information content (AvgIpc) is 2.31. The SMILES string of the molecule is CCCCc1cn(I)nn1. The molecule has 3 nitrogen and oxygen atoms in total. The van der Waals surface area contributed by atoms with E-state index in [2.05, 4.69) is 40.1 Å². The molecule has 0 aliphatic carbocycles. The molecule has 10 heavy (non-hydrogen) atoms. The third-order valence-corrected chi connectivity index (χ3v) is 1.77. The van der Waals surface area contributed by atoms with Crippen LogP contribution in [0.15, 0.2) is 6.20 Å². The number of nitrogens with zero attached hydrogens (tertiary/aromatic N) is 3. The molecule has 1 aromatic heterocycles. The number of hydrogen-bond acceptors (Lipinski definition) is 2. The summed E-state index contributed by atoms with van der Waals surface area (Å²) in [4.78, 5) is 0. The van der Waals surface area contributed by atoms with Crippen LogP contribution in [0.5, 0.6) is 0 Å². The van der Waals surface area contributed by atoms with E-state index in [4.69, 9.17) is 0 Å². The van der Waals surface area contributed by atoms with Crippen molar-refractivity contribution in [2.24, 2.45) is 0 Å². The Labute approximate surface area is 74.3 Å². The van der Waals surface area contributed by atoms with E-state index in [0.29, 0.717) is 0 Å². The molecule has 0 radical (unpaired) electrons. The van der Waals surface area contributed by atoms with E-state index in [1.54, 1.807) is 2.90 Å². The summed E-state index contributed by atoms with van der Waals surface area (Å²) in [7, 11) is 0. The van der Waals surface area contributed by atoms with Crippen LogP contribution in [0.2, 0.25) is 0 Å². The molecule has 0 amide bonds. The van der Waals surface area contributed by atoms with Crippen molar-refractivity contribution in [3.8, 4) is 0 Å². The first-order valence-electron chi connectivity index (χ1n) is 3.40. The summed E-state index contributed by atoms with van der Waals surface area (Å²) in [6.45, 7) is 2.18. The third kappa shape index (κ3) is 2.24. The maximum absolute atomic E-state index is 3.96. The normalized spacial score (nSPS) is 10.2. The lowest BCUT2D eigenvalue weighted by Gasteiger charge is -1.88. The predicted molar refractivity (Wildman–Crippen MR) is 48.1 cm³/mol. The Kier molecular flexibility index (Phi) is 3.11. The molecule has 0 unspecified atom stereocenters. The molecule has 0 aliphatic rings. The number of unbranched alkanes of at least 4 members (excludes halogenated alkanes) is 1. The van der Waals surface area contributed by atoms with Crippen molar-refractivity contribution in [3.63, 3.8) is 0 Å². The molecule has 56 valence electrons. The second-order valence-electron chi connectivity index (χ2n) is 2.20. The Hall–Kier alpha value is -0.130. The van der Waals surface area contributed by atoms with Gasteiger partial charge >= 0.3 is 0 Å². The van der Waals surface area contributed by atoms with E-state index in [9.17, 15) is 0 Å². The second-order valence-corrected chi connectivity index (χ2v) is 3.19. The van der Waals surface area contributed by atoms with Crippen LogP contribution in [0.25, 0.3) is 0 Å². The van der Waals surface area contributed by atoms with Crippen molar-refractivity contribution >= 4 is 22.9 Å². The highest BCUT2D eigenvalue weighted by Crippen LogP contribution is 2.01. The lowest BCUT2D eigenvalue weighted by Crippen LogP contribution is -1.83. The van der Waals surface area contributed by atoms with Gasteiger partial charge in [-0.25, -0.2) is 0 Å². The fraction of sp³-hybridized carbons (Fsp3) is 0.667. The van der Waals surface area contributed by atoms with Crippen molar-refractivity contribution in [2.45, 2.75) is 26.2 Å². The van der Waals surface area contributed by atoms with Crippen LogP contribution in [0, 0.1) is 0 Å². The van der Waals surface area contributed by atoms with E-state index in [1.165, 1.54) is 12.8 Å². The van der Waals surface area contributed by atoms with E-state index >= 15 is 0 Å². The van der Waals surface area contributed by atoms with Crippen molar-refractivity contribution in [1.29, 1.82) is 0 Å². The molecule has 0 fully saturated rings.